The number of nitrogens with one attached hydrogen (secondary N) is 1. The third-order valence-corrected chi connectivity index (χ3v) is 7.23. The average molecular weight is 297 g/mol. The summed E-state index contributed by atoms with van der Waals surface area (Å²) in [6, 6.07) is 0.648. The van der Waals surface area contributed by atoms with Crippen LogP contribution in [0.15, 0.2) is 0 Å². The summed E-state index contributed by atoms with van der Waals surface area (Å²) < 4.78 is 0. The molecule has 1 saturated heterocycles. The molecule has 4 unspecified atom stereocenters. The summed E-state index contributed by atoms with van der Waals surface area (Å²) in [4.78, 5) is 14.0. The van der Waals surface area contributed by atoms with Gasteiger partial charge < -0.3 is 4.90 Å². The molecule has 1 aliphatic heterocycles. The second-order valence-electron chi connectivity index (χ2n) is 7.16. The average Bonchev–Trinajstić information content (AvgIpc) is 2.76. The maximum absolute atomic E-state index is 12.6. The van der Waals surface area contributed by atoms with Gasteiger partial charge in [-0.3, -0.25) is 10.5 Å². The molecule has 1 heterocycles. The lowest BCUT2D eigenvalue weighted by Crippen LogP contribution is -3.19. The molecule has 2 aliphatic carbocycles. The van der Waals surface area contributed by atoms with E-state index in [0.29, 0.717) is 29.5 Å². The summed E-state index contributed by atoms with van der Waals surface area (Å²) in [6.45, 7) is 3.00. The van der Waals surface area contributed by atoms with E-state index in [1.54, 1.807) is 0 Å². The molecule has 0 amide bonds. The van der Waals surface area contributed by atoms with Crippen LogP contribution in [-0.2, 0) is 4.79 Å². The molecule has 114 valence electrons. The first-order chi connectivity index (χ1) is 9.65. The number of rotatable bonds is 3. The van der Waals surface area contributed by atoms with Crippen LogP contribution in [0.2, 0.25) is 0 Å². The predicted molar refractivity (Wildman–Crippen MR) is 83.6 cm³/mol. The molecular weight excluding hydrogens is 268 g/mol. The molecule has 2 saturated carbocycles. The fraction of sp³-hybridized carbons (Fsp3) is 0.938. The number of carbonyl (C=O) groups excluding carboxylic acids is 1. The summed E-state index contributed by atoms with van der Waals surface area (Å²) in [7, 11) is 0. The topological polar surface area (TPSA) is 47.5 Å². The van der Waals surface area contributed by atoms with E-state index < -0.39 is 0 Å². The van der Waals surface area contributed by atoms with Crippen molar-refractivity contribution in [2.75, 3.05) is 6.54 Å². The number of Topliss-reactive ketones (excluding diaryl/α,β-unsaturated/α-hetero) is 1. The number of nitrogens with two attached hydrogens (primary N) is 1. The Morgan fingerprint density at radius 3 is 2.60 bits per heavy atom. The third kappa shape index (κ3) is 3.07. The van der Waals surface area contributed by atoms with Gasteiger partial charge in [0.05, 0.1) is 5.25 Å². The zero-order valence-electron chi connectivity index (χ0n) is 12.6. The molecule has 3 fully saturated rings. The Morgan fingerprint density at radius 2 is 1.85 bits per heavy atom. The van der Waals surface area contributed by atoms with Gasteiger partial charge in [0.1, 0.15) is 12.6 Å². The quantitative estimate of drug-likeness (QED) is 0.831. The predicted octanol–water partition coefficient (Wildman–Crippen LogP) is 1.57. The van der Waals surface area contributed by atoms with Gasteiger partial charge in [-0.25, -0.2) is 0 Å². The van der Waals surface area contributed by atoms with Crippen LogP contribution in [0.5, 0.6) is 0 Å². The molecule has 4 atom stereocenters. The molecule has 0 bridgehead atoms. The summed E-state index contributed by atoms with van der Waals surface area (Å²) in [5.41, 5.74) is 6.45. The van der Waals surface area contributed by atoms with Gasteiger partial charge in [0, 0.05) is 12.3 Å². The summed E-state index contributed by atoms with van der Waals surface area (Å²) in [5.74, 6) is 1.64. The normalized spacial score (nSPS) is 45.1. The highest BCUT2D eigenvalue weighted by atomic mass is 32.2. The molecular formula is C16H29N2OS+. The van der Waals surface area contributed by atoms with Crippen molar-refractivity contribution in [1.29, 1.82) is 0 Å². The molecule has 0 spiro atoms. The maximum atomic E-state index is 12.6. The van der Waals surface area contributed by atoms with Crippen LogP contribution in [-0.4, -0.2) is 29.1 Å². The van der Waals surface area contributed by atoms with Crippen molar-refractivity contribution < 1.29 is 9.69 Å². The Balaban J connectivity index is 1.57. The number of thioether (sulfide) groups is 1. The van der Waals surface area contributed by atoms with Gasteiger partial charge in [-0.1, -0.05) is 37.9 Å². The van der Waals surface area contributed by atoms with Crippen LogP contribution in [0.4, 0.5) is 0 Å². The first kappa shape index (κ1) is 14.9. The van der Waals surface area contributed by atoms with Crippen molar-refractivity contribution >= 4 is 17.5 Å². The van der Waals surface area contributed by atoms with Crippen LogP contribution in [0.25, 0.3) is 0 Å². The molecule has 0 aromatic carbocycles. The van der Waals surface area contributed by atoms with E-state index in [-0.39, 0.29) is 5.50 Å². The van der Waals surface area contributed by atoms with E-state index in [1.165, 1.54) is 43.4 Å². The van der Waals surface area contributed by atoms with Crippen LogP contribution in [0.3, 0.4) is 0 Å². The minimum absolute atomic E-state index is 0.134. The molecule has 3 aliphatic rings. The standard InChI is InChI=1S/C16H28N2OS/c1-11-6-8-12(9-7-11)14(19)10-18-13-4-2-3-5-15(13)20-16(18)17/h11-13,15-16H,2-10,17H2,1H3/p+1. The number of quaternary nitrogens is 1. The molecule has 4 heteroatoms. The number of hydrogen-bond acceptors (Lipinski definition) is 3. The van der Waals surface area contributed by atoms with Crippen molar-refractivity contribution in [3.8, 4) is 0 Å². The Morgan fingerprint density at radius 1 is 1.15 bits per heavy atom. The summed E-state index contributed by atoms with van der Waals surface area (Å²) in [6.07, 6.45) is 9.96. The molecule has 20 heavy (non-hydrogen) atoms. The van der Waals surface area contributed by atoms with Gasteiger partial charge in [0.2, 0.25) is 0 Å². The SMILES string of the molecule is CC1CCC(C(=O)C[NH+]2C(N)SC3CCCCC32)CC1. The van der Waals surface area contributed by atoms with Crippen LogP contribution in [0, 0.1) is 11.8 Å². The number of hydrogen-bond donors (Lipinski definition) is 2. The van der Waals surface area contributed by atoms with E-state index in [9.17, 15) is 4.79 Å². The van der Waals surface area contributed by atoms with Crippen LogP contribution >= 0.6 is 11.8 Å². The Bertz CT molecular complexity index is 354. The Kier molecular flexibility index (Phi) is 4.73. The number of fused-ring (bicyclic) bond motifs is 1. The van der Waals surface area contributed by atoms with Crippen molar-refractivity contribution in [1.82, 2.24) is 0 Å². The number of ketones is 1. The van der Waals surface area contributed by atoms with Gasteiger partial charge in [-0.05, 0) is 31.6 Å². The van der Waals surface area contributed by atoms with Gasteiger partial charge in [-0.15, -0.1) is 0 Å². The minimum atomic E-state index is 0.134. The summed E-state index contributed by atoms with van der Waals surface area (Å²) >= 11 is 1.94. The Labute approximate surface area is 127 Å². The highest BCUT2D eigenvalue weighted by molar-refractivity contribution is 8.00. The first-order valence-corrected chi connectivity index (χ1v) is 9.38. The fourth-order valence-corrected chi connectivity index (χ4v) is 5.94. The second-order valence-corrected chi connectivity index (χ2v) is 8.55. The molecule has 0 aromatic heterocycles. The lowest BCUT2D eigenvalue weighted by atomic mass is 9.80. The van der Waals surface area contributed by atoms with Crippen LogP contribution < -0.4 is 10.6 Å². The van der Waals surface area contributed by atoms with E-state index in [0.717, 1.165) is 18.8 Å². The van der Waals surface area contributed by atoms with Gasteiger partial charge in [-0.2, -0.15) is 0 Å². The molecule has 0 aromatic rings. The minimum Gasteiger partial charge on any atom is -0.302 e. The van der Waals surface area contributed by atoms with Crippen molar-refractivity contribution in [3.63, 3.8) is 0 Å². The lowest BCUT2D eigenvalue weighted by Gasteiger charge is -2.30. The molecule has 3 N–H and O–H groups in total. The highest BCUT2D eigenvalue weighted by Gasteiger charge is 2.46. The van der Waals surface area contributed by atoms with Gasteiger partial charge in [0.25, 0.3) is 0 Å². The monoisotopic (exact) mass is 297 g/mol. The zero-order valence-corrected chi connectivity index (χ0v) is 13.5. The van der Waals surface area contributed by atoms with Crippen molar-refractivity contribution in [2.24, 2.45) is 17.6 Å². The third-order valence-electron chi connectivity index (χ3n) is 5.72. The van der Waals surface area contributed by atoms with E-state index in [2.05, 4.69) is 6.92 Å². The fourth-order valence-electron chi connectivity index (χ4n) is 4.33. The largest absolute Gasteiger partial charge is 0.302 e. The maximum Gasteiger partial charge on any atom is 0.189 e. The van der Waals surface area contributed by atoms with Gasteiger partial charge in [0.15, 0.2) is 11.3 Å². The van der Waals surface area contributed by atoms with Crippen molar-refractivity contribution in [2.45, 2.75) is 75.1 Å². The summed E-state index contributed by atoms with van der Waals surface area (Å²) in [5, 5.41) is 0.716. The van der Waals surface area contributed by atoms with Crippen molar-refractivity contribution in [3.05, 3.63) is 0 Å². The zero-order chi connectivity index (χ0) is 14.1. The Hall–Kier alpha value is -0.0600. The molecule has 0 radical (unpaired) electrons. The van der Waals surface area contributed by atoms with Gasteiger partial charge >= 0.3 is 0 Å². The van der Waals surface area contributed by atoms with E-state index in [4.69, 9.17) is 5.73 Å². The smallest absolute Gasteiger partial charge is 0.189 e. The second kappa shape index (κ2) is 6.37. The molecule has 3 rings (SSSR count). The molecule has 3 nitrogen and oxygen atoms in total. The highest BCUT2D eigenvalue weighted by Crippen LogP contribution is 2.33. The number of carbonyl (C=O) groups is 1. The van der Waals surface area contributed by atoms with Crippen LogP contribution in [0.1, 0.15) is 58.3 Å². The first-order valence-electron chi connectivity index (χ1n) is 8.44. The van der Waals surface area contributed by atoms with E-state index in [1.807, 2.05) is 11.8 Å². The lowest BCUT2D eigenvalue weighted by molar-refractivity contribution is -0.922. The van der Waals surface area contributed by atoms with E-state index >= 15 is 0 Å².